The third-order valence-electron chi connectivity index (χ3n) is 0.638. The van der Waals surface area contributed by atoms with Crippen LogP contribution in [0.1, 0.15) is 0 Å². The Bertz CT molecular complexity index is 104. The first-order valence-electron chi connectivity index (χ1n) is 2.88. The van der Waals surface area contributed by atoms with Crippen molar-refractivity contribution in [1.82, 2.24) is 4.98 Å². The zero-order valence-electron chi connectivity index (χ0n) is 5.50. The van der Waals surface area contributed by atoms with E-state index in [0.29, 0.717) is 11.8 Å². The highest BCUT2D eigenvalue weighted by molar-refractivity contribution is 6.25. The molecule has 3 heteroatoms. The van der Waals surface area contributed by atoms with Crippen LogP contribution >= 0.6 is 23.2 Å². The molecular weight excluding hydrogens is 169 g/mol. The second-order valence-electron chi connectivity index (χ2n) is 1.40. The van der Waals surface area contributed by atoms with E-state index in [-0.39, 0.29) is 0 Å². The highest BCUT2D eigenvalue weighted by Gasteiger charge is 1.61. The number of halogens is 2. The van der Waals surface area contributed by atoms with Crippen LogP contribution in [0.3, 0.4) is 0 Å². The summed E-state index contributed by atoms with van der Waals surface area (Å²) in [5.74, 6) is 1.11. The lowest BCUT2D eigenvalue weighted by Crippen LogP contribution is -1.63. The summed E-state index contributed by atoms with van der Waals surface area (Å²) in [6.45, 7) is 0. The largest absolute Gasteiger partial charge is 0.265 e. The molecule has 0 aliphatic rings. The molecule has 56 valence electrons. The van der Waals surface area contributed by atoms with Crippen LogP contribution in [0.2, 0.25) is 0 Å². The molecule has 1 rings (SSSR count). The maximum Gasteiger partial charge on any atom is 0.0359 e. The highest BCUT2D eigenvalue weighted by atomic mass is 35.5. The Hall–Kier alpha value is -0.270. The number of rotatable bonds is 1. The molecular formula is C7H9Cl2N. The molecule has 0 unspecified atom stereocenters. The Morgan fingerprint density at radius 3 is 1.50 bits per heavy atom. The van der Waals surface area contributed by atoms with E-state index in [2.05, 4.69) is 4.98 Å². The monoisotopic (exact) mass is 177 g/mol. The number of pyridine rings is 1. The smallest absolute Gasteiger partial charge is 0.0359 e. The topological polar surface area (TPSA) is 12.9 Å². The van der Waals surface area contributed by atoms with Gasteiger partial charge in [0, 0.05) is 24.2 Å². The normalized spacial score (nSPS) is 7.80. The molecule has 1 heterocycles. The molecule has 0 atom stereocenters. The van der Waals surface area contributed by atoms with E-state index < -0.39 is 0 Å². The molecule has 1 aromatic heterocycles. The van der Waals surface area contributed by atoms with Gasteiger partial charge >= 0.3 is 0 Å². The van der Waals surface area contributed by atoms with Crippen molar-refractivity contribution in [3.8, 4) is 0 Å². The fourth-order valence-corrected chi connectivity index (χ4v) is 0.313. The summed E-state index contributed by atoms with van der Waals surface area (Å²) in [6, 6.07) is 5.72. The van der Waals surface area contributed by atoms with Gasteiger partial charge in [-0.15, -0.1) is 23.2 Å². The Morgan fingerprint density at radius 2 is 1.40 bits per heavy atom. The lowest BCUT2D eigenvalue weighted by molar-refractivity contribution is 1.33. The first kappa shape index (κ1) is 9.73. The standard InChI is InChI=1S/C5H5N.C2H4Cl2/c1-2-4-6-5-3-1;3-1-2-4/h1-5H;1-2H2. The van der Waals surface area contributed by atoms with Crippen LogP contribution in [0.15, 0.2) is 30.6 Å². The highest BCUT2D eigenvalue weighted by Crippen LogP contribution is 1.75. The molecule has 0 radical (unpaired) electrons. The zero-order valence-corrected chi connectivity index (χ0v) is 7.02. The Morgan fingerprint density at radius 1 is 0.900 bits per heavy atom. The third kappa shape index (κ3) is 7.73. The molecule has 0 aliphatic carbocycles. The first-order chi connectivity index (χ1) is 4.91. The molecule has 0 saturated carbocycles. The maximum atomic E-state index is 5.05. The van der Waals surface area contributed by atoms with Gasteiger partial charge in [-0.05, 0) is 12.1 Å². The average Bonchev–Trinajstić information content (AvgIpc) is 2.08. The predicted octanol–water partition coefficient (Wildman–Crippen LogP) is 2.55. The quantitative estimate of drug-likeness (QED) is 0.602. The molecule has 0 amide bonds. The SMILES string of the molecule is ClCCCl.c1ccncc1. The molecule has 0 spiro atoms. The summed E-state index contributed by atoms with van der Waals surface area (Å²) in [6.07, 6.45) is 3.50. The average molecular weight is 178 g/mol. The second-order valence-corrected chi connectivity index (χ2v) is 2.16. The van der Waals surface area contributed by atoms with Crippen molar-refractivity contribution in [2.75, 3.05) is 11.8 Å². The van der Waals surface area contributed by atoms with E-state index in [1.165, 1.54) is 0 Å². The molecule has 1 aromatic rings. The van der Waals surface area contributed by atoms with Gasteiger partial charge in [-0.1, -0.05) is 6.07 Å². The van der Waals surface area contributed by atoms with Crippen LogP contribution in [-0.2, 0) is 0 Å². The summed E-state index contributed by atoms with van der Waals surface area (Å²) in [5.41, 5.74) is 0. The minimum Gasteiger partial charge on any atom is -0.265 e. The Labute approximate surface area is 71.0 Å². The fraction of sp³-hybridized carbons (Fsp3) is 0.286. The Kier molecular flexibility index (Phi) is 8.49. The van der Waals surface area contributed by atoms with Crippen LogP contribution in [-0.4, -0.2) is 16.7 Å². The molecule has 1 nitrogen and oxygen atoms in total. The van der Waals surface area contributed by atoms with Gasteiger partial charge in [-0.2, -0.15) is 0 Å². The van der Waals surface area contributed by atoms with Crippen molar-refractivity contribution in [2.45, 2.75) is 0 Å². The van der Waals surface area contributed by atoms with E-state index in [9.17, 15) is 0 Å². The molecule has 0 fully saturated rings. The minimum absolute atomic E-state index is 0.557. The van der Waals surface area contributed by atoms with Crippen molar-refractivity contribution in [3.05, 3.63) is 30.6 Å². The van der Waals surface area contributed by atoms with Gasteiger partial charge in [0.15, 0.2) is 0 Å². The van der Waals surface area contributed by atoms with Crippen molar-refractivity contribution < 1.29 is 0 Å². The van der Waals surface area contributed by atoms with Crippen LogP contribution in [0, 0.1) is 0 Å². The molecule has 10 heavy (non-hydrogen) atoms. The minimum atomic E-state index is 0.557. The number of nitrogens with zero attached hydrogens (tertiary/aromatic N) is 1. The van der Waals surface area contributed by atoms with Crippen molar-refractivity contribution >= 4 is 23.2 Å². The van der Waals surface area contributed by atoms with E-state index in [1.807, 2.05) is 18.2 Å². The summed E-state index contributed by atoms with van der Waals surface area (Å²) in [7, 11) is 0. The van der Waals surface area contributed by atoms with E-state index in [1.54, 1.807) is 12.4 Å². The van der Waals surface area contributed by atoms with Gasteiger partial charge in [0.1, 0.15) is 0 Å². The lowest BCUT2D eigenvalue weighted by Gasteiger charge is -1.70. The number of alkyl halides is 2. The molecule has 0 aromatic carbocycles. The lowest BCUT2D eigenvalue weighted by atomic mass is 10.5. The van der Waals surface area contributed by atoms with Crippen molar-refractivity contribution in [2.24, 2.45) is 0 Å². The van der Waals surface area contributed by atoms with Gasteiger partial charge in [0.2, 0.25) is 0 Å². The Balaban J connectivity index is 0.000000180. The van der Waals surface area contributed by atoms with Gasteiger partial charge < -0.3 is 0 Å². The van der Waals surface area contributed by atoms with E-state index >= 15 is 0 Å². The summed E-state index contributed by atoms with van der Waals surface area (Å²) < 4.78 is 0. The molecule has 0 N–H and O–H groups in total. The third-order valence-corrected chi connectivity index (χ3v) is 1.21. The molecule has 0 bridgehead atoms. The maximum absolute atomic E-state index is 5.05. The summed E-state index contributed by atoms with van der Waals surface area (Å²) in [4.78, 5) is 3.78. The van der Waals surface area contributed by atoms with Gasteiger partial charge in [0.05, 0.1) is 0 Å². The number of aromatic nitrogens is 1. The predicted molar refractivity (Wildman–Crippen MR) is 45.7 cm³/mol. The fourth-order valence-electron chi connectivity index (χ4n) is 0.313. The van der Waals surface area contributed by atoms with Crippen molar-refractivity contribution in [1.29, 1.82) is 0 Å². The van der Waals surface area contributed by atoms with Gasteiger partial charge in [-0.3, -0.25) is 4.98 Å². The molecule has 0 saturated heterocycles. The van der Waals surface area contributed by atoms with Crippen LogP contribution < -0.4 is 0 Å². The van der Waals surface area contributed by atoms with Crippen LogP contribution in [0.4, 0.5) is 0 Å². The summed E-state index contributed by atoms with van der Waals surface area (Å²) in [5, 5.41) is 0. The second kappa shape index (κ2) is 8.73. The van der Waals surface area contributed by atoms with Gasteiger partial charge in [0.25, 0.3) is 0 Å². The zero-order chi connectivity index (χ0) is 7.66. The van der Waals surface area contributed by atoms with Gasteiger partial charge in [-0.25, -0.2) is 0 Å². The number of hydrogen-bond donors (Lipinski definition) is 0. The van der Waals surface area contributed by atoms with Crippen LogP contribution in [0.25, 0.3) is 0 Å². The van der Waals surface area contributed by atoms with E-state index in [0.717, 1.165) is 0 Å². The van der Waals surface area contributed by atoms with Crippen LogP contribution in [0.5, 0.6) is 0 Å². The first-order valence-corrected chi connectivity index (χ1v) is 3.95. The number of hydrogen-bond acceptors (Lipinski definition) is 1. The molecule has 0 aliphatic heterocycles. The van der Waals surface area contributed by atoms with E-state index in [4.69, 9.17) is 23.2 Å². The summed E-state index contributed by atoms with van der Waals surface area (Å²) >= 11 is 10.1. The van der Waals surface area contributed by atoms with Crippen molar-refractivity contribution in [3.63, 3.8) is 0 Å².